The first-order valence-electron chi connectivity index (χ1n) is 5.57. The number of hydrogen-bond donors (Lipinski definition) is 2. The van der Waals surface area contributed by atoms with Gasteiger partial charge < -0.3 is 15.8 Å². The van der Waals surface area contributed by atoms with Crippen LogP contribution in [0.1, 0.15) is 27.7 Å². The van der Waals surface area contributed by atoms with Crippen molar-refractivity contribution < 1.29 is 9.53 Å². The molecule has 3 N–H and O–H groups in total. The van der Waals surface area contributed by atoms with Gasteiger partial charge in [-0.15, -0.1) is 0 Å². The normalized spacial score (nSPS) is 14.6. The second kappa shape index (κ2) is 7.57. The quantitative estimate of drug-likeness (QED) is 0.660. The van der Waals surface area contributed by atoms with E-state index in [2.05, 4.69) is 5.32 Å². The van der Waals surface area contributed by atoms with Crippen molar-refractivity contribution in [1.29, 1.82) is 0 Å². The van der Waals surface area contributed by atoms with E-state index in [1.165, 1.54) is 0 Å². The number of carbonyl (C=O) groups is 1. The first-order chi connectivity index (χ1) is 7.40. The van der Waals surface area contributed by atoms with E-state index in [-0.39, 0.29) is 22.9 Å². The van der Waals surface area contributed by atoms with Gasteiger partial charge in [0, 0.05) is 12.6 Å². The molecule has 0 aliphatic heterocycles. The molecule has 2 unspecified atom stereocenters. The predicted molar refractivity (Wildman–Crippen MR) is 69.2 cm³/mol. The zero-order valence-electron chi connectivity index (χ0n) is 10.4. The van der Waals surface area contributed by atoms with E-state index in [0.29, 0.717) is 13.2 Å². The third kappa shape index (κ3) is 5.42. The minimum Gasteiger partial charge on any atom is -0.393 e. The summed E-state index contributed by atoms with van der Waals surface area (Å²) in [4.78, 5) is 12.1. The van der Waals surface area contributed by atoms with Crippen molar-refractivity contribution in [1.82, 2.24) is 5.32 Å². The van der Waals surface area contributed by atoms with Crippen LogP contribution < -0.4 is 11.1 Å². The predicted octanol–water partition coefficient (Wildman–Crippen LogP) is 1.09. The van der Waals surface area contributed by atoms with Crippen LogP contribution in [-0.4, -0.2) is 30.2 Å². The van der Waals surface area contributed by atoms with Crippen molar-refractivity contribution in [3.05, 3.63) is 0 Å². The molecule has 0 saturated carbocycles. The summed E-state index contributed by atoms with van der Waals surface area (Å²) in [6.45, 7) is 8.81. The van der Waals surface area contributed by atoms with Gasteiger partial charge in [-0.25, -0.2) is 0 Å². The van der Waals surface area contributed by atoms with Gasteiger partial charge in [0.15, 0.2) is 0 Å². The summed E-state index contributed by atoms with van der Waals surface area (Å²) < 4.78 is 5.22. The molecule has 16 heavy (non-hydrogen) atoms. The summed E-state index contributed by atoms with van der Waals surface area (Å²) in [6.07, 6.45) is 0. The van der Waals surface area contributed by atoms with Gasteiger partial charge in [0.25, 0.3) is 0 Å². The molecule has 0 aliphatic rings. The number of nitrogens with one attached hydrogen (secondary N) is 1. The lowest BCUT2D eigenvalue weighted by molar-refractivity contribution is -0.125. The molecule has 0 fully saturated rings. The van der Waals surface area contributed by atoms with Crippen molar-refractivity contribution in [3.63, 3.8) is 0 Å². The van der Waals surface area contributed by atoms with Crippen LogP contribution in [0, 0.1) is 11.8 Å². The number of carbonyl (C=O) groups excluding carboxylic acids is 1. The third-order valence-electron chi connectivity index (χ3n) is 2.22. The van der Waals surface area contributed by atoms with Gasteiger partial charge in [-0.05, 0) is 19.8 Å². The second-order valence-electron chi connectivity index (χ2n) is 4.19. The molecule has 94 valence electrons. The maximum Gasteiger partial charge on any atom is 0.230 e. The number of amides is 1. The van der Waals surface area contributed by atoms with Crippen LogP contribution in [0.3, 0.4) is 0 Å². The molecule has 0 heterocycles. The Morgan fingerprint density at radius 2 is 2.00 bits per heavy atom. The molecule has 4 nitrogen and oxygen atoms in total. The van der Waals surface area contributed by atoms with Crippen LogP contribution in [-0.2, 0) is 9.53 Å². The van der Waals surface area contributed by atoms with Gasteiger partial charge in [0.05, 0.1) is 17.5 Å². The number of nitrogens with two attached hydrogens (primary N) is 1. The fourth-order valence-corrected chi connectivity index (χ4v) is 1.81. The van der Waals surface area contributed by atoms with Gasteiger partial charge >= 0.3 is 0 Å². The maximum absolute atomic E-state index is 11.9. The highest BCUT2D eigenvalue weighted by Crippen LogP contribution is 2.11. The fourth-order valence-electron chi connectivity index (χ4n) is 1.43. The van der Waals surface area contributed by atoms with Crippen molar-refractivity contribution in [3.8, 4) is 0 Å². The smallest absolute Gasteiger partial charge is 0.230 e. The van der Waals surface area contributed by atoms with Crippen molar-refractivity contribution in [2.24, 2.45) is 17.6 Å². The van der Waals surface area contributed by atoms with Crippen LogP contribution in [0.15, 0.2) is 0 Å². The summed E-state index contributed by atoms with van der Waals surface area (Å²) in [6, 6.07) is -0.0250. The Morgan fingerprint density at radius 3 is 2.38 bits per heavy atom. The SMILES string of the molecule is CCOCC(C)NC(=O)C(C(N)=S)C(C)C. The van der Waals surface area contributed by atoms with Crippen molar-refractivity contribution in [2.45, 2.75) is 33.7 Å². The molecule has 2 atom stereocenters. The van der Waals surface area contributed by atoms with E-state index in [4.69, 9.17) is 22.7 Å². The Kier molecular flexibility index (Phi) is 7.25. The van der Waals surface area contributed by atoms with Gasteiger partial charge in [0.1, 0.15) is 0 Å². The molecule has 0 radical (unpaired) electrons. The number of ether oxygens (including phenoxy) is 1. The third-order valence-corrected chi connectivity index (χ3v) is 2.47. The van der Waals surface area contributed by atoms with E-state index in [9.17, 15) is 4.79 Å². The van der Waals surface area contributed by atoms with Gasteiger partial charge in [-0.3, -0.25) is 4.79 Å². The van der Waals surface area contributed by atoms with Crippen LogP contribution in [0.25, 0.3) is 0 Å². The average molecular weight is 246 g/mol. The lowest BCUT2D eigenvalue weighted by atomic mass is 9.95. The highest BCUT2D eigenvalue weighted by Gasteiger charge is 2.25. The Labute approximate surface area is 103 Å². The highest BCUT2D eigenvalue weighted by molar-refractivity contribution is 7.80. The standard InChI is InChI=1S/C11H22N2O2S/c1-5-15-6-8(4)13-11(14)9(7(2)3)10(12)16/h7-9H,5-6H2,1-4H3,(H2,12,16)(H,13,14). The summed E-state index contributed by atoms with van der Waals surface area (Å²) in [7, 11) is 0. The highest BCUT2D eigenvalue weighted by atomic mass is 32.1. The maximum atomic E-state index is 11.9. The average Bonchev–Trinajstić information content (AvgIpc) is 2.13. The minimum atomic E-state index is -0.404. The largest absolute Gasteiger partial charge is 0.393 e. The van der Waals surface area contributed by atoms with Gasteiger partial charge in [-0.2, -0.15) is 0 Å². The van der Waals surface area contributed by atoms with E-state index in [1.54, 1.807) is 0 Å². The van der Waals surface area contributed by atoms with E-state index >= 15 is 0 Å². The van der Waals surface area contributed by atoms with E-state index in [0.717, 1.165) is 0 Å². The fraction of sp³-hybridized carbons (Fsp3) is 0.818. The summed E-state index contributed by atoms with van der Waals surface area (Å²) in [5, 5.41) is 2.85. The minimum absolute atomic E-state index is 0.0250. The first kappa shape index (κ1) is 15.3. The molecule has 0 aliphatic carbocycles. The van der Waals surface area contributed by atoms with Crippen molar-refractivity contribution in [2.75, 3.05) is 13.2 Å². The lowest BCUT2D eigenvalue weighted by Gasteiger charge is -2.21. The summed E-state index contributed by atoms with van der Waals surface area (Å²) in [5.74, 6) is -0.412. The van der Waals surface area contributed by atoms with Gasteiger partial charge in [-0.1, -0.05) is 26.1 Å². The second-order valence-corrected chi connectivity index (χ2v) is 4.66. The molecule has 5 heteroatoms. The molecule has 0 bridgehead atoms. The topological polar surface area (TPSA) is 64.3 Å². The Morgan fingerprint density at radius 1 is 1.44 bits per heavy atom. The zero-order chi connectivity index (χ0) is 12.7. The molecule has 0 aromatic rings. The van der Waals surface area contributed by atoms with Gasteiger partial charge in [0.2, 0.25) is 5.91 Å². The Bertz CT molecular complexity index is 244. The van der Waals surface area contributed by atoms with E-state index in [1.807, 2.05) is 27.7 Å². The molecule has 0 aromatic carbocycles. The first-order valence-corrected chi connectivity index (χ1v) is 5.98. The van der Waals surface area contributed by atoms with Crippen LogP contribution in [0.2, 0.25) is 0 Å². The molecule has 0 saturated heterocycles. The summed E-state index contributed by atoms with van der Waals surface area (Å²) in [5.41, 5.74) is 5.55. The molecule has 0 spiro atoms. The zero-order valence-corrected chi connectivity index (χ0v) is 11.3. The summed E-state index contributed by atoms with van der Waals surface area (Å²) >= 11 is 4.90. The number of thiocarbonyl (C=S) groups is 1. The molecular formula is C11H22N2O2S. The molecule has 1 amide bonds. The van der Waals surface area contributed by atoms with Crippen LogP contribution >= 0.6 is 12.2 Å². The molecular weight excluding hydrogens is 224 g/mol. The number of rotatable bonds is 7. The van der Waals surface area contributed by atoms with E-state index < -0.39 is 5.92 Å². The molecule has 0 aromatic heterocycles. The van der Waals surface area contributed by atoms with Crippen molar-refractivity contribution >= 4 is 23.1 Å². The Balaban J connectivity index is 4.25. The van der Waals surface area contributed by atoms with Crippen LogP contribution in [0.5, 0.6) is 0 Å². The Hall–Kier alpha value is -0.680. The molecule has 0 rings (SSSR count). The monoisotopic (exact) mass is 246 g/mol. The number of hydrogen-bond acceptors (Lipinski definition) is 3. The van der Waals surface area contributed by atoms with Crippen LogP contribution in [0.4, 0.5) is 0 Å². The lowest BCUT2D eigenvalue weighted by Crippen LogP contribution is -2.45.